The molecule has 2 rings (SSSR count). The minimum atomic E-state index is -3.45. The van der Waals surface area contributed by atoms with E-state index in [9.17, 15) is 8.42 Å². The van der Waals surface area contributed by atoms with Crippen molar-refractivity contribution in [2.24, 2.45) is 0 Å². The van der Waals surface area contributed by atoms with Gasteiger partial charge in [0.1, 0.15) is 10.7 Å². The van der Waals surface area contributed by atoms with Crippen LogP contribution in [0.1, 0.15) is 38.9 Å². The summed E-state index contributed by atoms with van der Waals surface area (Å²) in [4.78, 5) is 0.236. The Bertz CT molecular complexity index is 548. The molecule has 1 aromatic heterocycles. The molecule has 1 aliphatic rings. The highest BCUT2D eigenvalue weighted by atomic mass is 79.9. The standard InChI is InChI=1S/C13H21BrN2O3S/c1-10(2)15-9-11-8-12(13(14)19-11)20(17,18)16-6-4-3-5-7-16/h8,10,15H,3-7,9H2,1-2H3. The van der Waals surface area contributed by atoms with Crippen molar-refractivity contribution in [1.29, 1.82) is 0 Å². The number of sulfonamides is 1. The van der Waals surface area contributed by atoms with Crippen molar-refractivity contribution in [1.82, 2.24) is 9.62 Å². The smallest absolute Gasteiger partial charge is 0.247 e. The summed E-state index contributed by atoms with van der Waals surface area (Å²) in [6.45, 7) is 5.78. The second kappa shape index (κ2) is 6.60. The van der Waals surface area contributed by atoms with Gasteiger partial charge in [-0.3, -0.25) is 0 Å². The van der Waals surface area contributed by atoms with Gasteiger partial charge in [0, 0.05) is 25.2 Å². The Kier molecular flexibility index (Phi) is 5.28. The predicted octanol–water partition coefficient (Wildman–Crippen LogP) is 2.71. The minimum Gasteiger partial charge on any atom is -0.452 e. The largest absolute Gasteiger partial charge is 0.452 e. The van der Waals surface area contributed by atoms with E-state index in [1.54, 1.807) is 10.4 Å². The number of nitrogens with one attached hydrogen (secondary N) is 1. The summed E-state index contributed by atoms with van der Waals surface area (Å²) < 4.78 is 32.5. The fourth-order valence-corrected chi connectivity index (χ4v) is 4.69. The lowest BCUT2D eigenvalue weighted by Gasteiger charge is -2.25. The monoisotopic (exact) mass is 364 g/mol. The molecule has 2 heterocycles. The van der Waals surface area contributed by atoms with E-state index >= 15 is 0 Å². The van der Waals surface area contributed by atoms with Crippen LogP contribution in [-0.2, 0) is 16.6 Å². The summed E-state index contributed by atoms with van der Waals surface area (Å²) in [5, 5.41) is 3.21. The summed E-state index contributed by atoms with van der Waals surface area (Å²) >= 11 is 3.23. The first-order chi connectivity index (χ1) is 9.41. The maximum Gasteiger partial charge on any atom is 0.247 e. The van der Waals surface area contributed by atoms with Crippen LogP contribution in [0.3, 0.4) is 0 Å². The SMILES string of the molecule is CC(C)NCc1cc(S(=O)(=O)N2CCCCC2)c(Br)o1. The molecule has 1 N–H and O–H groups in total. The second-order valence-electron chi connectivity index (χ2n) is 5.35. The van der Waals surface area contributed by atoms with Gasteiger partial charge in [-0.1, -0.05) is 20.3 Å². The lowest BCUT2D eigenvalue weighted by molar-refractivity contribution is 0.346. The number of halogens is 1. The normalized spacial score (nSPS) is 17.8. The Hall–Kier alpha value is -0.370. The molecule has 0 atom stereocenters. The van der Waals surface area contributed by atoms with Crippen molar-refractivity contribution in [2.75, 3.05) is 13.1 Å². The van der Waals surface area contributed by atoms with E-state index in [1.807, 2.05) is 13.8 Å². The highest BCUT2D eigenvalue weighted by Crippen LogP contribution is 2.30. The van der Waals surface area contributed by atoms with E-state index in [2.05, 4.69) is 21.2 Å². The zero-order valence-corrected chi connectivity index (χ0v) is 14.3. The fourth-order valence-electron chi connectivity index (χ4n) is 2.21. The molecule has 0 amide bonds. The van der Waals surface area contributed by atoms with Gasteiger partial charge < -0.3 is 9.73 Å². The van der Waals surface area contributed by atoms with E-state index < -0.39 is 10.0 Å². The maximum atomic E-state index is 12.6. The molecule has 7 heteroatoms. The van der Waals surface area contributed by atoms with Gasteiger partial charge >= 0.3 is 0 Å². The van der Waals surface area contributed by atoms with Crippen LogP contribution in [0, 0.1) is 0 Å². The molecule has 0 bridgehead atoms. The van der Waals surface area contributed by atoms with Gasteiger partial charge in [-0.2, -0.15) is 4.31 Å². The van der Waals surface area contributed by atoms with E-state index in [1.165, 1.54) is 0 Å². The van der Waals surface area contributed by atoms with Crippen molar-refractivity contribution in [3.8, 4) is 0 Å². The van der Waals surface area contributed by atoms with Crippen LogP contribution in [0.2, 0.25) is 0 Å². The van der Waals surface area contributed by atoms with Gasteiger partial charge in [-0.15, -0.1) is 0 Å². The summed E-state index contributed by atoms with van der Waals surface area (Å²) in [5.74, 6) is 0.626. The third-order valence-corrected chi connectivity index (χ3v) is 6.08. The quantitative estimate of drug-likeness (QED) is 0.872. The molecule has 0 aromatic carbocycles. The first-order valence-electron chi connectivity index (χ1n) is 6.93. The van der Waals surface area contributed by atoms with Crippen LogP contribution >= 0.6 is 15.9 Å². The molecule has 1 aromatic rings. The molecular formula is C13H21BrN2O3S. The number of rotatable bonds is 5. The Morgan fingerprint density at radius 3 is 2.60 bits per heavy atom. The highest BCUT2D eigenvalue weighted by Gasteiger charge is 2.30. The van der Waals surface area contributed by atoms with Gasteiger partial charge in [-0.25, -0.2) is 8.42 Å². The van der Waals surface area contributed by atoms with E-state index in [0.717, 1.165) is 19.3 Å². The number of nitrogens with zero attached hydrogens (tertiary/aromatic N) is 1. The summed E-state index contributed by atoms with van der Waals surface area (Å²) in [6, 6.07) is 1.93. The summed E-state index contributed by atoms with van der Waals surface area (Å²) in [6.07, 6.45) is 2.95. The van der Waals surface area contributed by atoms with E-state index in [4.69, 9.17) is 4.42 Å². The van der Waals surface area contributed by atoms with Gasteiger partial charge in [0.05, 0.1) is 6.54 Å². The van der Waals surface area contributed by atoms with Gasteiger partial charge in [0.25, 0.3) is 0 Å². The van der Waals surface area contributed by atoms with Crippen molar-refractivity contribution >= 4 is 26.0 Å². The molecule has 20 heavy (non-hydrogen) atoms. The number of hydrogen-bond acceptors (Lipinski definition) is 4. The average molecular weight is 365 g/mol. The third kappa shape index (κ3) is 3.63. The highest BCUT2D eigenvalue weighted by molar-refractivity contribution is 9.10. The van der Waals surface area contributed by atoms with Gasteiger partial charge in [-0.05, 0) is 28.8 Å². The van der Waals surface area contributed by atoms with Gasteiger partial charge in [0.2, 0.25) is 10.0 Å². The zero-order valence-electron chi connectivity index (χ0n) is 11.9. The lowest BCUT2D eigenvalue weighted by Crippen LogP contribution is -2.35. The summed E-state index contributed by atoms with van der Waals surface area (Å²) in [5.41, 5.74) is 0. The Morgan fingerprint density at radius 2 is 2.00 bits per heavy atom. The molecule has 1 fully saturated rings. The van der Waals surface area contributed by atoms with Crippen LogP contribution < -0.4 is 5.32 Å². The average Bonchev–Trinajstić information content (AvgIpc) is 2.79. The molecule has 1 aliphatic heterocycles. The molecule has 0 aliphatic carbocycles. The maximum absolute atomic E-state index is 12.6. The number of hydrogen-bond donors (Lipinski definition) is 1. The molecule has 114 valence electrons. The van der Waals surface area contributed by atoms with Crippen LogP contribution in [0.4, 0.5) is 0 Å². The summed E-state index contributed by atoms with van der Waals surface area (Å²) in [7, 11) is -3.45. The minimum absolute atomic E-state index is 0.236. The molecule has 1 saturated heterocycles. The Balaban J connectivity index is 2.18. The van der Waals surface area contributed by atoms with Crippen molar-refractivity contribution in [2.45, 2.75) is 50.6 Å². The molecule has 0 spiro atoms. The first-order valence-corrected chi connectivity index (χ1v) is 9.16. The lowest BCUT2D eigenvalue weighted by atomic mass is 10.2. The molecule has 0 radical (unpaired) electrons. The van der Waals surface area contributed by atoms with Crippen molar-refractivity contribution in [3.63, 3.8) is 0 Å². The van der Waals surface area contributed by atoms with Crippen LogP contribution in [0.25, 0.3) is 0 Å². The topological polar surface area (TPSA) is 62.6 Å². The second-order valence-corrected chi connectivity index (χ2v) is 7.98. The molecular weight excluding hydrogens is 344 g/mol. The molecule has 0 saturated carbocycles. The predicted molar refractivity (Wildman–Crippen MR) is 81.0 cm³/mol. The molecule has 5 nitrogen and oxygen atoms in total. The van der Waals surface area contributed by atoms with E-state index in [0.29, 0.717) is 36.1 Å². The van der Waals surface area contributed by atoms with Gasteiger partial charge in [0.15, 0.2) is 4.67 Å². The van der Waals surface area contributed by atoms with Crippen LogP contribution in [-0.4, -0.2) is 31.9 Å². The molecule has 0 unspecified atom stereocenters. The Morgan fingerprint density at radius 1 is 1.35 bits per heavy atom. The number of piperidine rings is 1. The zero-order chi connectivity index (χ0) is 14.8. The van der Waals surface area contributed by atoms with Crippen molar-refractivity contribution < 1.29 is 12.8 Å². The van der Waals surface area contributed by atoms with Crippen molar-refractivity contribution in [3.05, 3.63) is 16.5 Å². The number of furan rings is 1. The van der Waals surface area contributed by atoms with E-state index in [-0.39, 0.29) is 4.90 Å². The first kappa shape index (κ1) is 16.0. The Labute approximate surface area is 128 Å². The fraction of sp³-hybridized carbons (Fsp3) is 0.692. The van der Waals surface area contributed by atoms with Crippen LogP contribution in [0.5, 0.6) is 0 Å². The third-order valence-electron chi connectivity index (χ3n) is 3.32. The van der Waals surface area contributed by atoms with Crippen LogP contribution in [0.15, 0.2) is 20.0 Å².